The maximum absolute atomic E-state index is 9.03. The first-order chi connectivity index (χ1) is 6.17. The number of aliphatic hydroxyl groups is 1. The second kappa shape index (κ2) is 5.22. The smallest absolute Gasteiger partial charge is 0.0497 e. The van der Waals surface area contributed by atoms with Crippen LogP contribution >= 0.6 is 34.4 Å². The number of benzene rings is 1. The van der Waals surface area contributed by atoms with Crippen LogP contribution in [0.15, 0.2) is 23.1 Å². The summed E-state index contributed by atoms with van der Waals surface area (Å²) >= 11 is 4.05. The van der Waals surface area contributed by atoms with Gasteiger partial charge in [0.05, 0.1) is 0 Å². The van der Waals surface area contributed by atoms with Gasteiger partial charge in [0, 0.05) is 21.0 Å². The van der Waals surface area contributed by atoms with Gasteiger partial charge in [-0.25, -0.2) is 0 Å². The molecule has 1 aromatic carbocycles. The number of rotatable bonds is 3. The molecule has 0 fully saturated rings. The van der Waals surface area contributed by atoms with E-state index in [0.717, 1.165) is 0 Å². The summed E-state index contributed by atoms with van der Waals surface area (Å²) in [5.74, 6) is 0.237. The number of halogens is 1. The van der Waals surface area contributed by atoms with Gasteiger partial charge in [-0.3, -0.25) is 0 Å². The molecule has 72 valence electrons. The predicted octanol–water partition coefficient (Wildman–Crippen LogP) is 3.11. The molecule has 3 heteroatoms. The van der Waals surface area contributed by atoms with Crippen molar-refractivity contribution in [3.63, 3.8) is 0 Å². The Bertz CT molecular complexity index is 288. The van der Waals surface area contributed by atoms with E-state index in [0.29, 0.717) is 0 Å². The van der Waals surface area contributed by atoms with Crippen molar-refractivity contribution in [2.45, 2.75) is 17.7 Å². The lowest BCUT2D eigenvalue weighted by molar-refractivity contribution is 0.273. The van der Waals surface area contributed by atoms with E-state index in [1.807, 2.05) is 6.92 Å². The van der Waals surface area contributed by atoms with Gasteiger partial charge in [0.15, 0.2) is 0 Å². The number of hydrogen-bond acceptors (Lipinski definition) is 2. The van der Waals surface area contributed by atoms with Crippen LogP contribution in [0.3, 0.4) is 0 Å². The zero-order valence-corrected chi connectivity index (χ0v) is 10.7. The molecule has 0 aromatic heterocycles. The second-order valence-corrected chi connectivity index (χ2v) is 5.13. The van der Waals surface area contributed by atoms with E-state index in [2.05, 4.69) is 47.0 Å². The van der Waals surface area contributed by atoms with E-state index in [-0.39, 0.29) is 12.5 Å². The molecule has 0 bridgehead atoms. The Kier molecular flexibility index (Phi) is 4.55. The zero-order valence-electron chi connectivity index (χ0n) is 7.75. The van der Waals surface area contributed by atoms with E-state index in [9.17, 15) is 0 Å². The summed E-state index contributed by atoms with van der Waals surface area (Å²) < 4.78 is 1.24. The molecule has 13 heavy (non-hydrogen) atoms. The van der Waals surface area contributed by atoms with Gasteiger partial charge in [-0.2, -0.15) is 0 Å². The molecule has 0 spiro atoms. The minimum absolute atomic E-state index is 0.216. The molecule has 1 nitrogen and oxygen atoms in total. The maximum Gasteiger partial charge on any atom is 0.0497 e. The van der Waals surface area contributed by atoms with Gasteiger partial charge in [0.25, 0.3) is 0 Å². The fourth-order valence-corrected chi connectivity index (χ4v) is 2.50. The van der Waals surface area contributed by atoms with Crippen LogP contribution in [0.2, 0.25) is 0 Å². The summed E-state index contributed by atoms with van der Waals surface area (Å²) in [6, 6.07) is 6.42. The molecule has 0 aliphatic rings. The average Bonchev–Trinajstić information content (AvgIpc) is 2.15. The largest absolute Gasteiger partial charge is 0.396 e. The van der Waals surface area contributed by atoms with Crippen molar-refractivity contribution in [2.75, 3.05) is 12.9 Å². The molecule has 0 saturated carbocycles. The van der Waals surface area contributed by atoms with Gasteiger partial charge in [-0.05, 0) is 52.6 Å². The second-order valence-electron chi connectivity index (χ2n) is 3.01. The topological polar surface area (TPSA) is 20.2 Å². The molecule has 1 aromatic rings. The van der Waals surface area contributed by atoms with Gasteiger partial charge in [-0.15, -0.1) is 11.8 Å². The minimum atomic E-state index is 0.216. The van der Waals surface area contributed by atoms with Crippen LogP contribution < -0.4 is 0 Å². The van der Waals surface area contributed by atoms with Crippen molar-refractivity contribution in [3.8, 4) is 0 Å². The lowest BCUT2D eigenvalue weighted by Crippen LogP contribution is -1.99. The molecular formula is C10H13IOS. The molecule has 0 aliphatic carbocycles. The Hall–Kier alpha value is 0.260. The first-order valence-electron chi connectivity index (χ1n) is 4.12. The normalized spacial score (nSPS) is 12.9. The average molecular weight is 308 g/mol. The third-order valence-corrected chi connectivity index (χ3v) is 3.30. The van der Waals surface area contributed by atoms with Crippen LogP contribution in [0.25, 0.3) is 0 Å². The quantitative estimate of drug-likeness (QED) is 0.684. The highest BCUT2D eigenvalue weighted by Crippen LogP contribution is 2.24. The number of aliphatic hydroxyl groups excluding tert-OH is 1. The molecule has 0 saturated heterocycles. The third kappa shape index (κ3) is 3.14. The summed E-state index contributed by atoms with van der Waals surface area (Å²) in [4.78, 5) is 1.27. The van der Waals surface area contributed by atoms with Crippen molar-refractivity contribution in [1.29, 1.82) is 0 Å². The summed E-state index contributed by atoms with van der Waals surface area (Å²) in [7, 11) is 0. The Balaban J connectivity index is 3.01. The van der Waals surface area contributed by atoms with E-state index in [1.165, 1.54) is 14.0 Å². The highest BCUT2D eigenvalue weighted by molar-refractivity contribution is 14.1. The summed E-state index contributed by atoms with van der Waals surface area (Å²) in [5.41, 5.74) is 1.22. The number of hydrogen-bond donors (Lipinski definition) is 1. The van der Waals surface area contributed by atoms with Gasteiger partial charge < -0.3 is 5.11 Å². The molecule has 1 atom stereocenters. The minimum Gasteiger partial charge on any atom is -0.396 e. The lowest BCUT2D eigenvalue weighted by atomic mass is 10.0. The van der Waals surface area contributed by atoms with Crippen LogP contribution in [-0.2, 0) is 0 Å². The van der Waals surface area contributed by atoms with Gasteiger partial charge in [0.2, 0.25) is 0 Å². The van der Waals surface area contributed by atoms with Crippen LogP contribution in [0.5, 0.6) is 0 Å². The molecule has 1 rings (SSSR count). The summed E-state index contributed by atoms with van der Waals surface area (Å²) in [6.45, 7) is 2.25. The van der Waals surface area contributed by atoms with E-state index >= 15 is 0 Å². The van der Waals surface area contributed by atoms with Gasteiger partial charge >= 0.3 is 0 Å². The van der Waals surface area contributed by atoms with Crippen LogP contribution in [0, 0.1) is 3.57 Å². The first kappa shape index (κ1) is 11.3. The summed E-state index contributed by atoms with van der Waals surface area (Å²) in [5, 5.41) is 9.03. The zero-order chi connectivity index (χ0) is 9.84. The molecule has 0 aliphatic heterocycles. The van der Waals surface area contributed by atoms with Crippen LogP contribution in [0.1, 0.15) is 18.4 Å². The Morgan fingerprint density at radius 3 is 2.69 bits per heavy atom. The maximum atomic E-state index is 9.03. The Morgan fingerprint density at radius 1 is 1.46 bits per heavy atom. The van der Waals surface area contributed by atoms with E-state index in [1.54, 1.807) is 11.8 Å². The van der Waals surface area contributed by atoms with Crippen molar-refractivity contribution in [1.82, 2.24) is 0 Å². The highest BCUT2D eigenvalue weighted by atomic mass is 127. The van der Waals surface area contributed by atoms with E-state index < -0.39 is 0 Å². The van der Waals surface area contributed by atoms with Crippen molar-refractivity contribution >= 4 is 34.4 Å². The van der Waals surface area contributed by atoms with Crippen molar-refractivity contribution < 1.29 is 5.11 Å². The lowest BCUT2D eigenvalue weighted by Gasteiger charge is -2.10. The molecule has 0 heterocycles. The first-order valence-corrected chi connectivity index (χ1v) is 6.43. The Labute approximate surface area is 97.1 Å². The monoisotopic (exact) mass is 308 g/mol. The van der Waals surface area contributed by atoms with Crippen molar-refractivity contribution in [3.05, 3.63) is 27.3 Å². The Morgan fingerprint density at radius 2 is 2.15 bits per heavy atom. The number of thioether (sulfide) groups is 1. The van der Waals surface area contributed by atoms with Crippen LogP contribution in [0.4, 0.5) is 0 Å². The molecule has 1 N–H and O–H groups in total. The van der Waals surface area contributed by atoms with Gasteiger partial charge in [-0.1, -0.05) is 6.92 Å². The standard InChI is InChI=1S/C10H13IOS/c1-7(6-12)8-3-9(11)5-10(4-8)13-2/h3-5,7,12H,6H2,1-2H3. The van der Waals surface area contributed by atoms with E-state index in [4.69, 9.17) is 5.11 Å². The fourth-order valence-electron chi connectivity index (χ4n) is 1.09. The van der Waals surface area contributed by atoms with Gasteiger partial charge in [0.1, 0.15) is 0 Å². The van der Waals surface area contributed by atoms with Crippen LogP contribution in [-0.4, -0.2) is 18.0 Å². The molecular weight excluding hydrogens is 295 g/mol. The fraction of sp³-hybridized carbons (Fsp3) is 0.400. The van der Waals surface area contributed by atoms with Crippen molar-refractivity contribution in [2.24, 2.45) is 0 Å². The summed E-state index contributed by atoms with van der Waals surface area (Å²) in [6.07, 6.45) is 2.07. The predicted molar refractivity (Wildman–Crippen MR) is 66.4 cm³/mol. The highest BCUT2D eigenvalue weighted by Gasteiger charge is 2.05. The molecule has 0 amide bonds. The molecule has 0 radical (unpaired) electrons. The molecule has 1 unspecified atom stereocenters. The SMILES string of the molecule is CSc1cc(I)cc(C(C)CO)c1. The third-order valence-electron chi connectivity index (χ3n) is 1.97.